The molecule has 0 radical (unpaired) electrons. The smallest absolute Gasteiger partial charge is 0.326 e. The van der Waals surface area contributed by atoms with Crippen LogP contribution in [-0.4, -0.2) is 34.7 Å². The standard InChI is InChI=1S/C25H26Cl2N2O5/c1-13(30)16-12-17(25(16,2)3)22(31)29-20(24(33)34)11-14-7-9-15(10-8-14)28-23(32)21-18(26)5-4-6-19(21)27/h4-10,16-17,20H,11-12H2,1-3H3,(H,28,32)(H,29,31)(H,33,34)/t16-,17+,20-/m0/s1. The lowest BCUT2D eigenvalue weighted by molar-refractivity contribution is -0.152. The number of carboxylic acids is 1. The van der Waals surface area contributed by atoms with Gasteiger partial charge in [0.2, 0.25) is 5.91 Å². The monoisotopic (exact) mass is 504 g/mol. The van der Waals surface area contributed by atoms with Crippen molar-refractivity contribution >= 4 is 52.5 Å². The Balaban J connectivity index is 1.63. The van der Waals surface area contributed by atoms with E-state index in [1.807, 2.05) is 13.8 Å². The summed E-state index contributed by atoms with van der Waals surface area (Å²) in [4.78, 5) is 48.8. The Hall–Kier alpha value is -2.90. The topological polar surface area (TPSA) is 113 Å². The summed E-state index contributed by atoms with van der Waals surface area (Å²) in [5.41, 5.74) is 0.793. The number of amides is 2. The van der Waals surface area contributed by atoms with Crippen molar-refractivity contribution in [3.63, 3.8) is 0 Å². The number of carbonyl (C=O) groups is 4. The number of Topliss-reactive ketones (excluding diaryl/α,β-unsaturated/α-hetero) is 1. The number of hydrogen-bond donors (Lipinski definition) is 3. The summed E-state index contributed by atoms with van der Waals surface area (Å²) in [5.74, 6) is -2.57. The van der Waals surface area contributed by atoms with Gasteiger partial charge in [-0.1, -0.05) is 55.2 Å². The number of carboxylic acid groups (broad SMARTS) is 1. The Kier molecular flexibility index (Phi) is 7.68. The summed E-state index contributed by atoms with van der Waals surface area (Å²) in [7, 11) is 0. The van der Waals surface area contributed by atoms with Gasteiger partial charge in [-0.3, -0.25) is 14.4 Å². The zero-order valence-electron chi connectivity index (χ0n) is 19.0. The van der Waals surface area contributed by atoms with Gasteiger partial charge in [-0.25, -0.2) is 4.79 Å². The van der Waals surface area contributed by atoms with Gasteiger partial charge in [-0.15, -0.1) is 0 Å². The Morgan fingerprint density at radius 1 is 1.03 bits per heavy atom. The van der Waals surface area contributed by atoms with Crippen molar-refractivity contribution in [2.75, 3.05) is 5.32 Å². The van der Waals surface area contributed by atoms with E-state index in [4.69, 9.17) is 23.2 Å². The number of anilines is 1. The number of ketones is 1. The highest BCUT2D eigenvalue weighted by atomic mass is 35.5. The summed E-state index contributed by atoms with van der Waals surface area (Å²) >= 11 is 12.1. The first-order chi connectivity index (χ1) is 15.9. The molecule has 0 spiro atoms. The molecular formula is C25H26Cl2N2O5. The van der Waals surface area contributed by atoms with Gasteiger partial charge in [0.15, 0.2) is 0 Å². The van der Waals surface area contributed by atoms with Crippen LogP contribution in [0.3, 0.4) is 0 Å². The Morgan fingerprint density at radius 3 is 2.12 bits per heavy atom. The molecule has 180 valence electrons. The normalized spacial score (nSPS) is 19.4. The fourth-order valence-electron chi connectivity index (χ4n) is 4.40. The number of carbonyl (C=O) groups excluding carboxylic acids is 3. The average molecular weight is 505 g/mol. The molecule has 2 aromatic carbocycles. The molecule has 34 heavy (non-hydrogen) atoms. The number of nitrogens with one attached hydrogen (secondary N) is 2. The van der Waals surface area contributed by atoms with E-state index < -0.39 is 29.3 Å². The van der Waals surface area contributed by atoms with Crippen molar-refractivity contribution in [3.8, 4) is 0 Å². The number of benzene rings is 2. The summed E-state index contributed by atoms with van der Waals surface area (Å²) in [6.45, 7) is 5.21. The van der Waals surface area contributed by atoms with E-state index in [1.165, 1.54) is 6.92 Å². The van der Waals surface area contributed by atoms with Crippen molar-refractivity contribution < 1.29 is 24.3 Å². The SMILES string of the molecule is CC(=O)[C@@H]1C[C@H](C(=O)N[C@@H](Cc2ccc(NC(=O)c3c(Cl)cccc3Cl)cc2)C(=O)O)C1(C)C. The summed E-state index contributed by atoms with van der Waals surface area (Å²) in [6.07, 6.45) is 0.485. The van der Waals surface area contributed by atoms with Gasteiger partial charge in [0, 0.05) is 23.9 Å². The molecular weight excluding hydrogens is 479 g/mol. The minimum Gasteiger partial charge on any atom is -0.480 e. The first-order valence-corrected chi connectivity index (χ1v) is 11.5. The molecule has 2 amide bonds. The highest BCUT2D eigenvalue weighted by Crippen LogP contribution is 2.51. The molecule has 1 fully saturated rings. The van der Waals surface area contributed by atoms with Crippen LogP contribution >= 0.6 is 23.2 Å². The molecule has 0 aromatic heterocycles. The lowest BCUT2D eigenvalue weighted by Crippen LogP contribution is -2.57. The van der Waals surface area contributed by atoms with Crippen LogP contribution in [0.4, 0.5) is 5.69 Å². The Morgan fingerprint density at radius 2 is 1.62 bits per heavy atom. The molecule has 1 saturated carbocycles. The van der Waals surface area contributed by atoms with Gasteiger partial charge < -0.3 is 15.7 Å². The molecule has 1 aliphatic carbocycles. The van der Waals surface area contributed by atoms with Gasteiger partial charge in [-0.2, -0.15) is 0 Å². The van der Waals surface area contributed by atoms with Crippen LogP contribution in [0.5, 0.6) is 0 Å². The molecule has 0 aliphatic heterocycles. The fourth-order valence-corrected chi connectivity index (χ4v) is 4.97. The average Bonchev–Trinajstić information content (AvgIpc) is 2.73. The number of hydrogen-bond acceptors (Lipinski definition) is 4. The molecule has 3 rings (SSSR count). The van der Waals surface area contributed by atoms with Crippen molar-refractivity contribution in [3.05, 3.63) is 63.6 Å². The minimum atomic E-state index is -1.15. The molecule has 1 aliphatic rings. The van der Waals surface area contributed by atoms with E-state index >= 15 is 0 Å². The molecule has 3 atom stereocenters. The zero-order valence-corrected chi connectivity index (χ0v) is 20.5. The van der Waals surface area contributed by atoms with Crippen LogP contribution in [0.2, 0.25) is 10.0 Å². The molecule has 0 unspecified atom stereocenters. The Labute approximate surface area is 207 Å². The van der Waals surface area contributed by atoms with Gasteiger partial charge in [0.25, 0.3) is 5.91 Å². The molecule has 0 bridgehead atoms. The van der Waals surface area contributed by atoms with Crippen molar-refractivity contribution in [2.24, 2.45) is 17.3 Å². The molecule has 9 heteroatoms. The van der Waals surface area contributed by atoms with Crippen LogP contribution in [-0.2, 0) is 20.8 Å². The highest BCUT2D eigenvalue weighted by molar-refractivity contribution is 6.40. The third kappa shape index (κ3) is 5.42. The van der Waals surface area contributed by atoms with Gasteiger partial charge >= 0.3 is 5.97 Å². The second-order valence-electron chi connectivity index (χ2n) is 9.12. The zero-order chi connectivity index (χ0) is 25.2. The van der Waals surface area contributed by atoms with E-state index in [0.717, 1.165) is 0 Å². The van der Waals surface area contributed by atoms with Crippen molar-refractivity contribution in [2.45, 2.75) is 39.7 Å². The van der Waals surface area contributed by atoms with Crippen LogP contribution < -0.4 is 10.6 Å². The molecule has 0 heterocycles. The van der Waals surface area contributed by atoms with Gasteiger partial charge in [-0.05, 0) is 48.6 Å². The fraction of sp³-hybridized carbons (Fsp3) is 0.360. The largest absolute Gasteiger partial charge is 0.480 e. The lowest BCUT2D eigenvalue weighted by atomic mass is 9.53. The molecule has 3 N–H and O–H groups in total. The maximum absolute atomic E-state index is 12.7. The first-order valence-electron chi connectivity index (χ1n) is 10.8. The molecule has 2 aromatic rings. The third-order valence-electron chi connectivity index (χ3n) is 6.53. The second-order valence-corrected chi connectivity index (χ2v) is 9.94. The third-order valence-corrected chi connectivity index (χ3v) is 7.16. The second kappa shape index (κ2) is 10.2. The predicted molar refractivity (Wildman–Crippen MR) is 130 cm³/mol. The number of aliphatic carboxylic acids is 1. The maximum atomic E-state index is 12.7. The van der Waals surface area contributed by atoms with E-state index in [0.29, 0.717) is 17.7 Å². The van der Waals surface area contributed by atoms with E-state index in [1.54, 1.807) is 42.5 Å². The summed E-state index contributed by atoms with van der Waals surface area (Å²) < 4.78 is 0. The molecule has 0 saturated heterocycles. The van der Waals surface area contributed by atoms with Crippen LogP contribution in [0.25, 0.3) is 0 Å². The van der Waals surface area contributed by atoms with Crippen LogP contribution in [0.15, 0.2) is 42.5 Å². The Bertz CT molecular complexity index is 1110. The number of halogens is 2. The maximum Gasteiger partial charge on any atom is 0.326 e. The van der Waals surface area contributed by atoms with E-state index in [9.17, 15) is 24.3 Å². The van der Waals surface area contributed by atoms with E-state index in [-0.39, 0.29) is 39.6 Å². The van der Waals surface area contributed by atoms with Crippen molar-refractivity contribution in [1.82, 2.24) is 5.32 Å². The van der Waals surface area contributed by atoms with Gasteiger partial charge in [0.1, 0.15) is 11.8 Å². The summed E-state index contributed by atoms with van der Waals surface area (Å²) in [6, 6.07) is 10.3. The number of rotatable bonds is 8. The molecule has 7 nitrogen and oxygen atoms in total. The predicted octanol–water partition coefficient (Wildman–Crippen LogP) is 4.61. The quantitative estimate of drug-likeness (QED) is 0.485. The van der Waals surface area contributed by atoms with Crippen LogP contribution in [0.1, 0.15) is 43.1 Å². The minimum absolute atomic E-state index is 0.0350. The lowest BCUT2D eigenvalue weighted by Gasteiger charge is -2.50. The first kappa shape index (κ1) is 25.7. The van der Waals surface area contributed by atoms with Crippen molar-refractivity contribution in [1.29, 1.82) is 0 Å². The van der Waals surface area contributed by atoms with Crippen LogP contribution in [0, 0.1) is 17.3 Å². The summed E-state index contributed by atoms with van der Waals surface area (Å²) in [5, 5.41) is 15.4. The van der Waals surface area contributed by atoms with E-state index in [2.05, 4.69) is 10.6 Å². The highest BCUT2D eigenvalue weighted by Gasteiger charge is 2.53. The van der Waals surface area contributed by atoms with Gasteiger partial charge in [0.05, 0.1) is 15.6 Å².